The Balaban J connectivity index is 1.51. The van der Waals surface area contributed by atoms with Crippen molar-refractivity contribution in [1.82, 2.24) is 15.1 Å². The van der Waals surface area contributed by atoms with Gasteiger partial charge in [0.2, 0.25) is 5.13 Å². The molecular formula is C17H20N4O4S2. The highest BCUT2D eigenvalue weighted by Crippen LogP contribution is 2.25. The van der Waals surface area contributed by atoms with Gasteiger partial charge in [-0.05, 0) is 17.7 Å². The number of aromatic nitrogens is 2. The molecule has 1 aromatic carbocycles. The van der Waals surface area contributed by atoms with E-state index in [1.54, 1.807) is 12.1 Å². The molecule has 0 bridgehead atoms. The molecule has 1 aromatic heterocycles. The second kappa shape index (κ2) is 9.79. The van der Waals surface area contributed by atoms with E-state index in [9.17, 15) is 9.59 Å². The molecule has 0 unspecified atom stereocenters. The third kappa shape index (κ3) is 5.99. The van der Waals surface area contributed by atoms with Gasteiger partial charge in [0.05, 0.1) is 26.1 Å². The summed E-state index contributed by atoms with van der Waals surface area (Å²) < 4.78 is 10.5. The molecule has 0 saturated carbocycles. The van der Waals surface area contributed by atoms with Crippen molar-refractivity contribution in [2.24, 2.45) is 0 Å². The zero-order valence-corrected chi connectivity index (χ0v) is 16.5. The Morgan fingerprint density at radius 2 is 2.00 bits per heavy atom. The number of hydrogen-bond acceptors (Lipinski definition) is 9. The van der Waals surface area contributed by atoms with Gasteiger partial charge in [0.25, 0.3) is 5.91 Å². The Kier molecular flexibility index (Phi) is 7.16. The van der Waals surface area contributed by atoms with Gasteiger partial charge in [-0.1, -0.05) is 35.2 Å². The van der Waals surface area contributed by atoms with Gasteiger partial charge in [-0.2, -0.15) is 0 Å². The maximum atomic E-state index is 12.4. The molecule has 8 nitrogen and oxygen atoms in total. The van der Waals surface area contributed by atoms with Crippen molar-refractivity contribution in [3.8, 4) is 0 Å². The number of ether oxygens (including phenoxy) is 2. The van der Waals surface area contributed by atoms with E-state index in [-0.39, 0.29) is 17.6 Å². The molecule has 10 heteroatoms. The van der Waals surface area contributed by atoms with Crippen LogP contribution in [0.2, 0.25) is 0 Å². The zero-order chi connectivity index (χ0) is 19.1. The van der Waals surface area contributed by atoms with Crippen LogP contribution in [0.25, 0.3) is 0 Å². The minimum atomic E-state index is -0.335. The number of hydrogen-bond donors (Lipinski definition) is 1. The van der Waals surface area contributed by atoms with Gasteiger partial charge in [-0.15, -0.1) is 10.2 Å². The van der Waals surface area contributed by atoms with Crippen LogP contribution >= 0.6 is 23.1 Å². The first kappa shape index (κ1) is 19.7. The smallest absolute Gasteiger partial charge is 0.316 e. The third-order valence-corrected chi connectivity index (χ3v) is 5.84. The number of nitrogens with zero attached hydrogens (tertiary/aromatic N) is 3. The van der Waals surface area contributed by atoms with Crippen LogP contribution in [-0.4, -0.2) is 66.1 Å². The zero-order valence-electron chi connectivity index (χ0n) is 14.8. The standard InChI is InChI=1S/C17H20N4O4S2/c1-24-14(22)11-26-17-20-19-16(27-17)18-15(23)13-4-2-12(3-5-13)10-21-6-8-25-9-7-21/h2-5H,6-11H2,1H3,(H,18,19,23). The maximum Gasteiger partial charge on any atom is 0.316 e. The molecule has 27 heavy (non-hydrogen) atoms. The second-order valence-corrected chi connectivity index (χ2v) is 7.98. The van der Waals surface area contributed by atoms with Crippen LogP contribution in [0, 0.1) is 0 Å². The average Bonchev–Trinajstić information content (AvgIpc) is 3.14. The topological polar surface area (TPSA) is 93.7 Å². The Hall–Kier alpha value is -2.01. The van der Waals surface area contributed by atoms with Gasteiger partial charge < -0.3 is 9.47 Å². The molecule has 1 aliphatic rings. The lowest BCUT2D eigenvalue weighted by Gasteiger charge is -2.26. The van der Waals surface area contributed by atoms with Crippen molar-refractivity contribution in [3.05, 3.63) is 35.4 Å². The van der Waals surface area contributed by atoms with Crippen LogP contribution in [-0.2, 0) is 20.8 Å². The molecule has 1 aliphatic heterocycles. The Morgan fingerprint density at radius 3 is 2.70 bits per heavy atom. The van der Waals surface area contributed by atoms with Crippen molar-refractivity contribution in [3.63, 3.8) is 0 Å². The lowest BCUT2D eigenvalue weighted by molar-refractivity contribution is -0.137. The van der Waals surface area contributed by atoms with Crippen LogP contribution < -0.4 is 5.32 Å². The van der Waals surface area contributed by atoms with Crippen molar-refractivity contribution in [2.75, 3.05) is 44.5 Å². The van der Waals surface area contributed by atoms with Gasteiger partial charge in [-0.25, -0.2) is 0 Å². The van der Waals surface area contributed by atoms with Crippen LogP contribution in [0.15, 0.2) is 28.6 Å². The summed E-state index contributed by atoms with van der Waals surface area (Å²) in [4.78, 5) is 25.8. The number of esters is 1. The van der Waals surface area contributed by atoms with Gasteiger partial charge in [-0.3, -0.25) is 19.8 Å². The number of carbonyl (C=O) groups is 2. The molecule has 1 amide bonds. The summed E-state index contributed by atoms with van der Waals surface area (Å²) in [7, 11) is 1.33. The number of nitrogens with one attached hydrogen (secondary N) is 1. The summed E-state index contributed by atoms with van der Waals surface area (Å²) in [5.74, 6) is -0.421. The minimum absolute atomic E-state index is 0.156. The molecule has 0 radical (unpaired) electrons. The predicted octanol–water partition coefficient (Wildman–Crippen LogP) is 1.89. The van der Waals surface area contributed by atoms with Crippen LogP contribution in [0.5, 0.6) is 0 Å². The second-order valence-electron chi connectivity index (χ2n) is 5.78. The number of amides is 1. The number of morpholine rings is 1. The third-order valence-electron chi connectivity index (χ3n) is 3.89. The summed E-state index contributed by atoms with van der Waals surface area (Å²) >= 11 is 2.44. The summed E-state index contributed by atoms with van der Waals surface area (Å²) in [6.45, 7) is 4.23. The van der Waals surface area contributed by atoms with E-state index in [1.807, 2.05) is 12.1 Å². The van der Waals surface area contributed by atoms with Crippen molar-refractivity contribution < 1.29 is 19.1 Å². The number of benzene rings is 1. The van der Waals surface area contributed by atoms with Gasteiger partial charge in [0.15, 0.2) is 4.34 Å². The van der Waals surface area contributed by atoms with Crippen molar-refractivity contribution >= 4 is 40.1 Å². The quantitative estimate of drug-likeness (QED) is 0.422. The summed E-state index contributed by atoms with van der Waals surface area (Å²) in [5, 5.41) is 11.0. The highest BCUT2D eigenvalue weighted by Gasteiger charge is 2.13. The molecule has 0 spiro atoms. The van der Waals surface area contributed by atoms with Crippen molar-refractivity contribution in [1.29, 1.82) is 0 Å². The first-order valence-corrected chi connectivity index (χ1v) is 10.2. The van der Waals surface area contributed by atoms with Crippen LogP contribution in [0.3, 0.4) is 0 Å². The van der Waals surface area contributed by atoms with Gasteiger partial charge in [0, 0.05) is 25.2 Å². The Labute approximate surface area is 165 Å². The Morgan fingerprint density at radius 1 is 1.26 bits per heavy atom. The van der Waals surface area contributed by atoms with Crippen LogP contribution in [0.1, 0.15) is 15.9 Å². The van der Waals surface area contributed by atoms with E-state index in [0.29, 0.717) is 15.0 Å². The number of rotatable bonds is 7. The predicted molar refractivity (Wildman–Crippen MR) is 103 cm³/mol. The van der Waals surface area contributed by atoms with Crippen molar-refractivity contribution in [2.45, 2.75) is 10.9 Å². The normalized spacial score (nSPS) is 14.7. The van der Waals surface area contributed by atoms with E-state index < -0.39 is 0 Å². The fourth-order valence-corrected chi connectivity index (χ4v) is 4.03. The molecule has 1 fully saturated rings. The lowest BCUT2D eigenvalue weighted by atomic mass is 10.1. The molecule has 2 heterocycles. The highest BCUT2D eigenvalue weighted by atomic mass is 32.2. The average molecular weight is 409 g/mol. The number of thioether (sulfide) groups is 1. The SMILES string of the molecule is COC(=O)CSc1nnc(NC(=O)c2ccc(CN3CCOCC3)cc2)s1. The maximum absolute atomic E-state index is 12.4. The summed E-state index contributed by atoms with van der Waals surface area (Å²) in [5.41, 5.74) is 1.71. The van der Waals surface area contributed by atoms with E-state index in [1.165, 1.54) is 30.2 Å². The number of methoxy groups -OCH3 is 1. The molecule has 144 valence electrons. The molecule has 2 aromatic rings. The highest BCUT2D eigenvalue weighted by molar-refractivity contribution is 8.01. The van der Waals surface area contributed by atoms with E-state index in [2.05, 4.69) is 25.2 Å². The fourth-order valence-electron chi connectivity index (χ4n) is 2.45. The minimum Gasteiger partial charge on any atom is -0.468 e. The fraction of sp³-hybridized carbons (Fsp3) is 0.412. The molecule has 1 saturated heterocycles. The largest absolute Gasteiger partial charge is 0.468 e. The van der Waals surface area contributed by atoms with E-state index in [4.69, 9.17) is 4.74 Å². The molecule has 1 N–H and O–H groups in total. The Bertz CT molecular complexity index is 775. The first-order chi connectivity index (χ1) is 13.1. The summed E-state index contributed by atoms with van der Waals surface area (Å²) in [6.07, 6.45) is 0. The van der Waals surface area contributed by atoms with Gasteiger partial charge in [0.1, 0.15) is 0 Å². The molecule has 0 aliphatic carbocycles. The van der Waals surface area contributed by atoms with E-state index in [0.717, 1.165) is 38.4 Å². The monoisotopic (exact) mass is 408 g/mol. The van der Waals surface area contributed by atoms with E-state index >= 15 is 0 Å². The molecule has 3 rings (SSSR count). The number of carbonyl (C=O) groups excluding carboxylic acids is 2. The lowest BCUT2D eigenvalue weighted by Crippen LogP contribution is -2.35. The number of anilines is 1. The molecular weight excluding hydrogens is 388 g/mol. The summed E-state index contributed by atoms with van der Waals surface area (Å²) in [6, 6.07) is 7.53. The molecule has 0 atom stereocenters. The van der Waals surface area contributed by atoms with Gasteiger partial charge >= 0.3 is 5.97 Å². The van der Waals surface area contributed by atoms with Crippen LogP contribution in [0.4, 0.5) is 5.13 Å². The first-order valence-electron chi connectivity index (χ1n) is 8.37.